The largest absolute Gasteiger partial charge is 0.494 e. The number of carbonyl (C=O) groups is 1. The number of anilines is 1. The van der Waals surface area contributed by atoms with Crippen LogP contribution in [0.4, 0.5) is 5.69 Å². The van der Waals surface area contributed by atoms with Gasteiger partial charge in [-0.25, -0.2) is 8.42 Å². The van der Waals surface area contributed by atoms with Crippen molar-refractivity contribution >= 4 is 33.4 Å². The van der Waals surface area contributed by atoms with E-state index in [1.165, 1.54) is 4.31 Å². The molecule has 1 aliphatic heterocycles. The maximum absolute atomic E-state index is 13.5. The Kier molecular flexibility index (Phi) is 7.89. The average molecular weight is 463 g/mol. The van der Waals surface area contributed by atoms with Crippen molar-refractivity contribution in [1.82, 2.24) is 4.90 Å². The fourth-order valence-electron chi connectivity index (χ4n) is 3.55. The standard InChI is InChI=1S/C23H30N2O4S2/c1-4-29-20-7-5-19(6-8-20)25(17-23(26)24-15-13-18(2)14-16-24)31(27,28)22-11-9-21(30-3)10-12-22/h5-12,18H,4,13-17H2,1-3H3. The van der Waals surface area contributed by atoms with Crippen LogP contribution in [0.2, 0.25) is 0 Å². The lowest BCUT2D eigenvalue weighted by Gasteiger charge is -2.32. The third-order valence-electron chi connectivity index (χ3n) is 5.50. The van der Waals surface area contributed by atoms with Gasteiger partial charge in [-0.15, -0.1) is 11.8 Å². The van der Waals surface area contributed by atoms with E-state index in [0.717, 1.165) is 17.7 Å². The van der Waals surface area contributed by atoms with Crippen molar-refractivity contribution in [2.75, 3.05) is 36.8 Å². The average Bonchev–Trinajstić information content (AvgIpc) is 2.78. The molecule has 2 aromatic rings. The van der Waals surface area contributed by atoms with E-state index >= 15 is 0 Å². The normalized spacial score (nSPS) is 15.0. The molecule has 0 radical (unpaired) electrons. The van der Waals surface area contributed by atoms with Gasteiger partial charge in [-0.05, 0) is 80.5 Å². The van der Waals surface area contributed by atoms with Gasteiger partial charge in [0.2, 0.25) is 5.91 Å². The summed E-state index contributed by atoms with van der Waals surface area (Å²) in [5.41, 5.74) is 0.441. The highest BCUT2D eigenvalue weighted by Gasteiger charge is 2.30. The predicted molar refractivity (Wildman–Crippen MR) is 125 cm³/mol. The monoisotopic (exact) mass is 462 g/mol. The van der Waals surface area contributed by atoms with Gasteiger partial charge in [-0.2, -0.15) is 0 Å². The van der Waals surface area contributed by atoms with Gasteiger partial charge in [0.05, 0.1) is 17.2 Å². The van der Waals surface area contributed by atoms with E-state index in [2.05, 4.69) is 6.92 Å². The molecule has 1 fully saturated rings. The summed E-state index contributed by atoms with van der Waals surface area (Å²) in [6, 6.07) is 13.6. The van der Waals surface area contributed by atoms with Gasteiger partial charge >= 0.3 is 0 Å². The third-order valence-corrected chi connectivity index (χ3v) is 8.03. The SMILES string of the molecule is CCOc1ccc(N(CC(=O)N2CCC(C)CC2)S(=O)(=O)c2ccc(SC)cc2)cc1. The minimum absolute atomic E-state index is 0.166. The van der Waals surface area contributed by atoms with E-state index in [0.29, 0.717) is 37.1 Å². The van der Waals surface area contributed by atoms with Crippen molar-refractivity contribution in [1.29, 1.82) is 0 Å². The number of piperidine rings is 1. The molecule has 3 rings (SSSR count). The lowest BCUT2D eigenvalue weighted by molar-refractivity contribution is -0.130. The Morgan fingerprint density at radius 2 is 1.71 bits per heavy atom. The second kappa shape index (κ2) is 10.4. The van der Waals surface area contributed by atoms with Crippen LogP contribution in [0.3, 0.4) is 0 Å². The molecule has 0 N–H and O–H groups in total. The van der Waals surface area contributed by atoms with Gasteiger partial charge in [0, 0.05) is 18.0 Å². The van der Waals surface area contributed by atoms with Gasteiger partial charge in [0.1, 0.15) is 12.3 Å². The van der Waals surface area contributed by atoms with Gasteiger partial charge < -0.3 is 9.64 Å². The first-order chi connectivity index (χ1) is 14.8. The fourth-order valence-corrected chi connectivity index (χ4v) is 5.37. The van der Waals surface area contributed by atoms with Gasteiger partial charge in [-0.3, -0.25) is 9.10 Å². The molecule has 31 heavy (non-hydrogen) atoms. The maximum Gasteiger partial charge on any atom is 0.264 e. The smallest absolute Gasteiger partial charge is 0.264 e. The van der Waals surface area contributed by atoms with Crippen molar-refractivity contribution in [3.8, 4) is 5.75 Å². The Bertz CT molecular complexity index is 968. The number of carbonyl (C=O) groups excluding carboxylic acids is 1. The van der Waals surface area contributed by atoms with Crippen LogP contribution in [-0.4, -0.2) is 51.7 Å². The number of thioether (sulfide) groups is 1. The van der Waals surface area contributed by atoms with E-state index in [4.69, 9.17) is 4.74 Å². The molecular weight excluding hydrogens is 432 g/mol. The number of benzene rings is 2. The zero-order valence-corrected chi connectivity index (χ0v) is 19.9. The number of hydrogen-bond acceptors (Lipinski definition) is 5. The summed E-state index contributed by atoms with van der Waals surface area (Å²) in [4.78, 5) is 15.9. The van der Waals surface area contributed by atoms with E-state index in [1.807, 2.05) is 13.2 Å². The zero-order chi connectivity index (χ0) is 22.4. The van der Waals surface area contributed by atoms with Crippen molar-refractivity contribution in [2.45, 2.75) is 36.5 Å². The molecule has 0 aliphatic carbocycles. The van der Waals surface area contributed by atoms with Crippen LogP contribution in [0.15, 0.2) is 58.3 Å². The van der Waals surface area contributed by atoms with Gasteiger partial charge in [0.25, 0.3) is 10.0 Å². The number of nitrogens with zero attached hydrogens (tertiary/aromatic N) is 2. The lowest BCUT2D eigenvalue weighted by atomic mass is 9.99. The van der Waals surface area contributed by atoms with E-state index in [-0.39, 0.29) is 17.3 Å². The van der Waals surface area contributed by atoms with Crippen molar-refractivity contribution in [3.05, 3.63) is 48.5 Å². The highest BCUT2D eigenvalue weighted by Crippen LogP contribution is 2.28. The van der Waals surface area contributed by atoms with E-state index < -0.39 is 10.0 Å². The molecule has 1 saturated heterocycles. The molecule has 1 aliphatic rings. The Hall–Kier alpha value is -2.19. The number of rotatable bonds is 8. The number of sulfonamides is 1. The summed E-state index contributed by atoms with van der Waals surface area (Å²) in [5, 5.41) is 0. The van der Waals surface area contributed by atoms with Crippen LogP contribution in [0.5, 0.6) is 5.75 Å². The molecule has 8 heteroatoms. The highest BCUT2D eigenvalue weighted by atomic mass is 32.2. The first-order valence-corrected chi connectivity index (χ1v) is 13.2. The molecule has 1 heterocycles. The molecule has 0 unspecified atom stereocenters. The number of hydrogen-bond donors (Lipinski definition) is 0. The second-order valence-corrected chi connectivity index (χ2v) is 10.4. The summed E-state index contributed by atoms with van der Waals surface area (Å²) < 4.78 is 33.7. The Morgan fingerprint density at radius 3 is 2.26 bits per heavy atom. The Labute approximate surface area is 189 Å². The molecule has 168 valence electrons. The zero-order valence-electron chi connectivity index (χ0n) is 18.3. The summed E-state index contributed by atoms with van der Waals surface area (Å²) in [7, 11) is -3.91. The minimum atomic E-state index is -3.91. The molecule has 0 aromatic heterocycles. The van der Waals surface area contributed by atoms with Crippen molar-refractivity contribution < 1.29 is 17.9 Å². The van der Waals surface area contributed by atoms with Crippen molar-refractivity contribution in [2.24, 2.45) is 5.92 Å². The molecule has 0 bridgehead atoms. The van der Waals surface area contributed by atoms with Gasteiger partial charge in [0.15, 0.2) is 0 Å². The second-order valence-electron chi connectivity index (χ2n) is 7.68. The maximum atomic E-state index is 13.5. The van der Waals surface area contributed by atoms with Crippen LogP contribution in [0.25, 0.3) is 0 Å². The Morgan fingerprint density at radius 1 is 1.10 bits per heavy atom. The van der Waals surface area contributed by atoms with Crippen LogP contribution >= 0.6 is 11.8 Å². The molecule has 6 nitrogen and oxygen atoms in total. The first-order valence-electron chi connectivity index (χ1n) is 10.5. The molecule has 2 aromatic carbocycles. The van der Waals surface area contributed by atoms with Crippen molar-refractivity contribution in [3.63, 3.8) is 0 Å². The van der Waals surface area contributed by atoms with Gasteiger partial charge in [-0.1, -0.05) is 6.92 Å². The summed E-state index contributed by atoms with van der Waals surface area (Å²) in [6.45, 7) is 5.70. The minimum Gasteiger partial charge on any atom is -0.494 e. The third kappa shape index (κ3) is 5.74. The number of ether oxygens (including phenoxy) is 1. The number of likely N-dealkylation sites (tertiary alicyclic amines) is 1. The topological polar surface area (TPSA) is 66.9 Å². The molecule has 1 amide bonds. The predicted octanol–water partition coefficient (Wildman–Crippen LogP) is 4.26. The fraction of sp³-hybridized carbons (Fsp3) is 0.435. The quantitative estimate of drug-likeness (QED) is 0.549. The van der Waals surface area contributed by atoms with Crippen LogP contribution in [0, 0.1) is 5.92 Å². The molecule has 0 saturated carbocycles. The summed E-state index contributed by atoms with van der Waals surface area (Å²) in [5.74, 6) is 1.07. The summed E-state index contributed by atoms with van der Waals surface area (Å²) >= 11 is 1.55. The van der Waals surface area contributed by atoms with Crippen LogP contribution in [-0.2, 0) is 14.8 Å². The molecule has 0 atom stereocenters. The molecular formula is C23H30N2O4S2. The molecule has 0 spiro atoms. The first kappa shape index (κ1) is 23.5. The number of amides is 1. The highest BCUT2D eigenvalue weighted by molar-refractivity contribution is 7.98. The summed E-state index contributed by atoms with van der Waals surface area (Å²) in [6.07, 6.45) is 3.82. The Balaban J connectivity index is 1.91. The van der Waals surface area contributed by atoms with E-state index in [9.17, 15) is 13.2 Å². The van der Waals surface area contributed by atoms with Crippen LogP contribution < -0.4 is 9.04 Å². The van der Waals surface area contributed by atoms with Crippen LogP contribution in [0.1, 0.15) is 26.7 Å². The van der Waals surface area contributed by atoms with E-state index in [1.54, 1.807) is 65.2 Å². The lowest BCUT2D eigenvalue weighted by Crippen LogP contribution is -2.45.